The Bertz CT molecular complexity index is 883. The van der Waals surface area contributed by atoms with Crippen molar-refractivity contribution in [3.05, 3.63) is 78.1 Å². The smallest absolute Gasteiger partial charge is 0.251 e. The van der Waals surface area contributed by atoms with E-state index in [0.717, 1.165) is 17.7 Å². The van der Waals surface area contributed by atoms with Crippen molar-refractivity contribution in [3.63, 3.8) is 0 Å². The van der Waals surface area contributed by atoms with Gasteiger partial charge in [0.15, 0.2) is 0 Å². The first-order chi connectivity index (χ1) is 13.0. The van der Waals surface area contributed by atoms with Gasteiger partial charge in [-0.15, -0.1) is 0 Å². The number of methoxy groups -OCH3 is 1. The van der Waals surface area contributed by atoms with Crippen molar-refractivity contribution < 1.29 is 9.53 Å². The molecule has 1 N–H and O–H groups in total. The lowest BCUT2D eigenvalue weighted by Gasteiger charge is -2.23. The molecular formula is C22H25N3O2. The molecule has 0 aliphatic rings. The zero-order chi connectivity index (χ0) is 19.3. The number of aromatic nitrogens is 2. The molecule has 0 saturated carbocycles. The monoisotopic (exact) mass is 363 g/mol. The number of hydrogen-bond acceptors (Lipinski definition) is 3. The molecule has 27 heavy (non-hydrogen) atoms. The first kappa shape index (κ1) is 18.9. The molecule has 0 fully saturated rings. The molecule has 140 valence electrons. The highest BCUT2D eigenvalue weighted by Gasteiger charge is 2.17. The first-order valence-corrected chi connectivity index (χ1v) is 8.97. The number of hydrogen-bond donors (Lipinski definition) is 1. The van der Waals surface area contributed by atoms with E-state index in [1.807, 2.05) is 73.4 Å². The predicted molar refractivity (Wildman–Crippen MR) is 107 cm³/mol. The standard InChI is InChI=1S/C22H25N3O2/c1-22(2,27-3)16-23-21(26)19-11-9-18(10-12-19)20-13-24-25(15-20)14-17-7-5-4-6-8-17/h4-13,15H,14,16H2,1-3H3,(H,23,26). The Balaban J connectivity index is 1.64. The molecular weight excluding hydrogens is 338 g/mol. The molecule has 0 aliphatic heterocycles. The average molecular weight is 363 g/mol. The van der Waals surface area contributed by atoms with E-state index in [-0.39, 0.29) is 11.5 Å². The second kappa shape index (κ2) is 8.18. The molecule has 1 heterocycles. The Morgan fingerprint density at radius 1 is 1.07 bits per heavy atom. The molecule has 0 unspecified atom stereocenters. The van der Waals surface area contributed by atoms with Gasteiger partial charge in [0.1, 0.15) is 0 Å². The van der Waals surface area contributed by atoms with E-state index in [2.05, 4.69) is 22.5 Å². The summed E-state index contributed by atoms with van der Waals surface area (Å²) in [5.41, 5.74) is 3.50. The number of amides is 1. The molecule has 5 nitrogen and oxygen atoms in total. The number of nitrogens with one attached hydrogen (secondary N) is 1. The summed E-state index contributed by atoms with van der Waals surface area (Å²) in [6, 6.07) is 17.8. The first-order valence-electron chi connectivity index (χ1n) is 8.97. The summed E-state index contributed by atoms with van der Waals surface area (Å²) in [5.74, 6) is -0.105. The number of ether oxygens (including phenoxy) is 1. The van der Waals surface area contributed by atoms with Gasteiger partial charge in [-0.1, -0.05) is 42.5 Å². The summed E-state index contributed by atoms with van der Waals surface area (Å²) < 4.78 is 7.24. The van der Waals surface area contributed by atoms with E-state index in [9.17, 15) is 4.79 Å². The maximum Gasteiger partial charge on any atom is 0.251 e. The van der Waals surface area contributed by atoms with E-state index >= 15 is 0 Å². The maximum atomic E-state index is 12.3. The molecule has 0 bridgehead atoms. The lowest BCUT2D eigenvalue weighted by atomic mass is 10.1. The summed E-state index contributed by atoms with van der Waals surface area (Å²) in [4.78, 5) is 12.3. The molecule has 3 rings (SSSR count). The Morgan fingerprint density at radius 3 is 2.44 bits per heavy atom. The minimum absolute atomic E-state index is 0.105. The van der Waals surface area contributed by atoms with Crippen LogP contribution in [-0.4, -0.2) is 34.9 Å². The molecule has 0 spiro atoms. The van der Waals surface area contributed by atoms with Crippen molar-refractivity contribution >= 4 is 5.91 Å². The minimum Gasteiger partial charge on any atom is -0.377 e. The fraction of sp³-hybridized carbons (Fsp3) is 0.273. The third kappa shape index (κ3) is 5.05. The number of benzene rings is 2. The number of nitrogens with zero attached hydrogens (tertiary/aromatic N) is 2. The van der Waals surface area contributed by atoms with Gasteiger partial charge in [-0.25, -0.2) is 0 Å². The lowest BCUT2D eigenvalue weighted by Crippen LogP contribution is -2.39. The molecule has 0 radical (unpaired) electrons. The highest BCUT2D eigenvalue weighted by Crippen LogP contribution is 2.19. The van der Waals surface area contributed by atoms with Crippen molar-refractivity contribution in [1.82, 2.24) is 15.1 Å². The van der Waals surface area contributed by atoms with E-state index < -0.39 is 0 Å². The van der Waals surface area contributed by atoms with E-state index in [4.69, 9.17) is 4.74 Å². The molecule has 1 aromatic heterocycles. The van der Waals surface area contributed by atoms with Crippen LogP contribution in [0.5, 0.6) is 0 Å². The number of carbonyl (C=O) groups is 1. The van der Waals surface area contributed by atoms with Crippen LogP contribution in [0.15, 0.2) is 67.0 Å². The fourth-order valence-corrected chi connectivity index (χ4v) is 2.65. The van der Waals surface area contributed by atoms with Crippen LogP contribution < -0.4 is 5.32 Å². The van der Waals surface area contributed by atoms with Crippen molar-refractivity contribution in [1.29, 1.82) is 0 Å². The van der Waals surface area contributed by atoms with Gasteiger partial charge in [0.2, 0.25) is 0 Å². The summed E-state index contributed by atoms with van der Waals surface area (Å²) in [5, 5.41) is 7.34. The van der Waals surface area contributed by atoms with Crippen LogP contribution in [0, 0.1) is 0 Å². The second-order valence-corrected chi connectivity index (χ2v) is 7.14. The summed E-state index contributed by atoms with van der Waals surface area (Å²) in [6.07, 6.45) is 3.86. The highest BCUT2D eigenvalue weighted by atomic mass is 16.5. The van der Waals surface area contributed by atoms with Crippen molar-refractivity contribution in [3.8, 4) is 11.1 Å². The van der Waals surface area contributed by atoms with Gasteiger partial charge in [-0.3, -0.25) is 9.48 Å². The SMILES string of the molecule is COC(C)(C)CNC(=O)c1ccc(-c2cnn(Cc3ccccc3)c2)cc1. The van der Waals surface area contributed by atoms with Crippen LogP contribution in [-0.2, 0) is 11.3 Å². The van der Waals surface area contributed by atoms with Gasteiger partial charge in [0, 0.05) is 31.0 Å². The zero-order valence-electron chi connectivity index (χ0n) is 16.0. The molecule has 0 saturated heterocycles. The lowest BCUT2D eigenvalue weighted by molar-refractivity contribution is 0.0229. The van der Waals surface area contributed by atoms with Gasteiger partial charge >= 0.3 is 0 Å². The molecule has 2 aromatic carbocycles. The Morgan fingerprint density at radius 2 is 1.78 bits per heavy atom. The molecule has 0 atom stereocenters. The van der Waals surface area contributed by atoms with Crippen LogP contribution in [0.2, 0.25) is 0 Å². The summed E-state index contributed by atoms with van der Waals surface area (Å²) in [6.45, 7) is 5.06. The van der Waals surface area contributed by atoms with Gasteiger partial charge in [-0.05, 0) is 37.1 Å². The third-order valence-corrected chi connectivity index (χ3v) is 4.53. The maximum absolute atomic E-state index is 12.3. The van der Waals surface area contributed by atoms with Crippen LogP contribution in [0.4, 0.5) is 0 Å². The van der Waals surface area contributed by atoms with Crippen LogP contribution in [0.3, 0.4) is 0 Å². The van der Waals surface area contributed by atoms with Crippen molar-refractivity contribution in [2.45, 2.75) is 26.0 Å². The van der Waals surface area contributed by atoms with Crippen LogP contribution in [0.1, 0.15) is 29.8 Å². The van der Waals surface area contributed by atoms with Gasteiger partial charge in [0.05, 0.1) is 18.3 Å². The minimum atomic E-state index is -0.386. The van der Waals surface area contributed by atoms with Crippen LogP contribution >= 0.6 is 0 Å². The fourth-order valence-electron chi connectivity index (χ4n) is 2.65. The largest absolute Gasteiger partial charge is 0.377 e. The summed E-state index contributed by atoms with van der Waals surface area (Å²) >= 11 is 0. The molecule has 3 aromatic rings. The van der Waals surface area contributed by atoms with Crippen molar-refractivity contribution in [2.24, 2.45) is 0 Å². The van der Waals surface area contributed by atoms with Crippen molar-refractivity contribution in [2.75, 3.05) is 13.7 Å². The molecule has 5 heteroatoms. The third-order valence-electron chi connectivity index (χ3n) is 4.53. The Kier molecular flexibility index (Phi) is 5.72. The van der Waals surface area contributed by atoms with Crippen LogP contribution in [0.25, 0.3) is 11.1 Å². The van der Waals surface area contributed by atoms with Gasteiger partial charge < -0.3 is 10.1 Å². The Labute approximate surface area is 160 Å². The summed E-state index contributed by atoms with van der Waals surface area (Å²) in [7, 11) is 1.64. The molecule has 1 amide bonds. The van der Waals surface area contributed by atoms with Gasteiger partial charge in [0.25, 0.3) is 5.91 Å². The van der Waals surface area contributed by atoms with E-state index in [1.54, 1.807) is 7.11 Å². The predicted octanol–water partition coefficient (Wildman–Crippen LogP) is 3.75. The van der Waals surface area contributed by atoms with Gasteiger partial charge in [-0.2, -0.15) is 5.10 Å². The Hall–Kier alpha value is -2.92. The zero-order valence-corrected chi connectivity index (χ0v) is 16.0. The number of carbonyl (C=O) groups excluding carboxylic acids is 1. The normalized spacial score (nSPS) is 11.4. The quantitative estimate of drug-likeness (QED) is 0.695. The topological polar surface area (TPSA) is 56.1 Å². The average Bonchev–Trinajstić information content (AvgIpc) is 3.15. The highest BCUT2D eigenvalue weighted by molar-refractivity contribution is 5.94. The molecule has 0 aliphatic carbocycles. The van der Waals surface area contributed by atoms with E-state index in [1.165, 1.54) is 5.56 Å². The number of rotatable bonds is 7. The van der Waals surface area contributed by atoms with E-state index in [0.29, 0.717) is 12.1 Å². The second-order valence-electron chi connectivity index (χ2n) is 7.14.